The first-order valence-electron chi connectivity index (χ1n) is 8.48. The van der Waals surface area contributed by atoms with Gasteiger partial charge in [0.05, 0.1) is 12.6 Å². The Kier molecular flexibility index (Phi) is 5.58. The van der Waals surface area contributed by atoms with Crippen molar-refractivity contribution in [3.8, 4) is 5.75 Å². The van der Waals surface area contributed by atoms with Crippen molar-refractivity contribution in [1.29, 1.82) is 0 Å². The fourth-order valence-corrected chi connectivity index (χ4v) is 2.78. The number of furan rings is 1. The number of rotatable bonds is 7. The molecule has 1 fully saturated rings. The Morgan fingerprint density at radius 2 is 2.08 bits per heavy atom. The Labute approximate surface area is 150 Å². The molecule has 0 saturated carbocycles. The third-order valence-corrected chi connectivity index (χ3v) is 4.20. The lowest BCUT2D eigenvalue weighted by molar-refractivity contribution is 0.0679. The van der Waals surface area contributed by atoms with E-state index in [0.29, 0.717) is 29.4 Å². The van der Waals surface area contributed by atoms with Crippen LogP contribution in [0.1, 0.15) is 45.1 Å². The van der Waals surface area contributed by atoms with Crippen LogP contribution in [0.3, 0.4) is 0 Å². The summed E-state index contributed by atoms with van der Waals surface area (Å²) in [6, 6.07) is 8.25. The molecule has 0 aliphatic carbocycles. The smallest absolute Gasteiger partial charge is 0.339 e. The molecule has 3 rings (SSSR count). The fraction of sp³-hybridized carbons (Fsp3) is 0.368. The molecule has 2 N–H and O–H groups in total. The van der Waals surface area contributed by atoms with Crippen LogP contribution in [0.25, 0.3) is 0 Å². The molecule has 1 atom stereocenters. The molecule has 138 valence electrons. The van der Waals surface area contributed by atoms with E-state index >= 15 is 0 Å². The van der Waals surface area contributed by atoms with E-state index in [1.165, 1.54) is 6.07 Å². The number of hydrogen-bond acceptors (Lipinski definition) is 5. The maximum absolute atomic E-state index is 12.2. The Morgan fingerprint density at radius 3 is 2.69 bits per heavy atom. The van der Waals surface area contributed by atoms with Crippen molar-refractivity contribution in [2.75, 3.05) is 13.2 Å². The molecule has 1 aromatic heterocycles. The summed E-state index contributed by atoms with van der Waals surface area (Å²) >= 11 is 0. The highest BCUT2D eigenvalue weighted by atomic mass is 16.5. The first kappa shape index (κ1) is 18.0. The van der Waals surface area contributed by atoms with Gasteiger partial charge in [0.25, 0.3) is 5.91 Å². The van der Waals surface area contributed by atoms with E-state index < -0.39 is 5.97 Å². The molecule has 1 amide bonds. The Morgan fingerprint density at radius 1 is 1.31 bits per heavy atom. The maximum atomic E-state index is 12.2. The van der Waals surface area contributed by atoms with Crippen molar-refractivity contribution in [2.45, 2.75) is 32.4 Å². The van der Waals surface area contributed by atoms with Gasteiger partial charge in [-0.2, -0.15) is 0 Å². The number of benzene rings is 1. The normalized spacial score (nSPS) is 16.4. The minimum Gasteiger partial charge on any atom is -0.491 e. The fourth-order valence-electron chi connectivity index (χ4n) is 2.78. The van der Waals surface area contributed by atoms with Gasteiger partial charge in [0.1, 0.15) is 29.4 Å². The quantitative estimate of drug-likeness (QED) is 0.789. The van der Waals surface area contributed by atoms with Crippen molar-refractivity contribution < 1.29 is 28.6 Å². The monoisotopic (exact) mass is 359 g/mol. The van der Waals surface area contributed by atoms with E-state index in [1.807, 2.05) is 0 Å². The molecule has 0 unspecified atom stereocenters. The number of aryl methyl sites for hydroxylation is 1. The van der Waals surface area contributed by atoms with E-state index in [2.05, 4.69) is 5.32 Å². The highest BCUT2D eigenvalue weighted by Crippen LogP contribution is 2.17. The Bertz CT molecular complexity index is 774. The summed E-state index contributed by atoms with van der Waals surface area (Å²) in [5.41, 5.74) is 0.582. The molecular formula is C19H21NO6. The van der Waals surface area contributed by atoms with E-state index in [-0.39, 0.29) is 24.1 Å². The first-order valence-corrected chi connectivity index (χ1v) is 8.48. The molecule has 26 heavy (non-hydrogen) atoms. The second kappa shape index (κ2) is 8.05. The van der Waals surface area contributed by atoms with Gasteiger partial charge >= 0.3 is 5.97 Å². The van der Waals surface area contributed by atoms with Crippen molar-refractivity contribution in [3.05, 3.63) is 53.0 Å². The van der Waals surface area contributed by atoms with Gasteiger partial charge in [-0.05, 0) is 50.1 Å². The standard InChI is InChI=1S/C19H21NO6/c1-12-17(19(22)23)9-16(26-12)10-20-18(21)13-4-6-14(7-5-13)25-11-15-3-2-8-24-15/h4-7,9,15H,2-3,8,10-11H2,1H3,(H,20,21)(H,22,23)/t15-/m0/s1. The summed E-state index contributed by atoms with van der Waals surface area (Å²) in [6.45, 7) is 2.99. The molecular weight excluding hydrogens is 338 g/mol. The predicted molar refractivity (Wildman–Crippen MR) is 92.5 cm³/mol. The van der Waals surface area contributed by atoms with Gasteiger partial charge in [-0.25, -0.2) is 4.79 Å². The second-order valence-electron chi connectivity index (χ2n) is 6.14. The lowest BCUT2D eigenvalue weighted by Gasteiger charge is -2.11. The molecule has 1 aliphatic heterocycles. The number of carbonyl (C=O) groups excluding carboxylic acids is 1. The number of hydrogen-bond donors (Lipinski definition) is 2. The molecule has 2 heterocycles. The highest BCUT2D eigenvalue weighted by Gasteiger charge is 2.16. The minimum atomic E-state index is -1.05. The number of carboxylic acid groups (broad SMARTS) is 1. The molecule has 1 aromatic carbocycles. The van der Waals surface area contributed by atoms with Gasteiger partial charge in [-0.1, -0.05) is 0 Å². The first-order chi connectivity index (χ1) is 12.5. The van der Waals surface area contributed by atoms with E-state index in [1.54, 1.807) is 31.2 Å². The molecule has 0 spiro atoms. The number of ether oxygens (including phenoxy) is 2. The molecule has 2 aromatic rings. The van der Waals surface area contributed by atoms with Gasteiger partial charge in [-0.15, -0.1) is 0 Å². The summed E-state index contributed by atoms with van der Waals surface area (Å²) < 4.78 is 16.5. The number of nitrogens with one attached hydrogen (secondary N) is 1. The van der Waals surface area contributed by atoms with Crippen molar-refractivity contribution in [1.82, 2.24) is 5.32 Å². The molecule has 0 bridgehead atoms. The topological polar surface area (TPSA) is 98.0 Å². The largest absolute Gasteiger partial charge is 0.491 e. The number of carbonyl (C=O) groups is 2. The Hall–Kier alpha value is -2.80. The zero-order valence-electron chi connectivity index (χ0n) is 14.5. The van der Waals surface area contributed by atoms with Gasteiger partial charge < -0.3 is 24.3 Å². The predicted octanol–water partition coefficient (Wildman–Crippen LogP) is 2.77. The van der Waals surface area contributed by atoms with Crippen LogP contribution in [0.5, 0.6) is 5.75 Å². The number of amides is 1. The molecule has 7 heteroatoms. The van der Waals surface area contributed by atoms with Gasteiger partial charge in [0.2, 0.25) is 0 Å². The van der Waals surface area contributed by atoms with Crippen LogP contribution in [0, 0.1) is 6.92 Å². The zero-order valence-corrected chi connectivity index (χ0v) is 14.5. The van der Waals surface area contributed by atoms with Crippen LogP contribution in [0.2, 0.25) is 0 Å². The Balaban J connectivity index is 1.51. The van der Waals surface area contributed by atoms with Crippen LogP contribution < -0.4 is 10.1 Å². The maximum Gasteiger partial charge on any atom is 0.339 e. The molecule has 1 saturated heterocycles. The average molecular weight is 359 g/mol. The third-order valence-electron chi connectivity index (χ3n) is 4.20. The minimum absolute atomic E-state index is 0.0991. The van der Waals surface area contributed by atoms with Gasteiger partial charge in [0, 0.05) is 12.2 Å². The van der Waals surface area contributed by atoms with Crippen LogP contribution in [-0.4, -0.2) is 36.3 Å². The summed E-state index contributed by atoms with van der Waals surface area (Å²) in [5, 5.41) is 11.7. The van der Waals surface area contributed by atoms with E-state index in [0.717, 1.165) is 19.4 Å². The number of aromatic carboxylic acids is 1. The van der Waals surface area contributed by atoms with Crippen LogP contribution in [-0.2, 0) is 11.3 Å². The van der Waals surface area contributed by atoms with Gasteiger partial charge in [-0.3, -0.25) is 4.79 Å². The molecule has 0 radical (unpaired) electrons. The third kappa shape index (κ3) is 4.43. The van der Waals surface area contributed by atoms with Crippen LogP contribution in [0.4, 0.5) is 0 Å². The highest BCUT2D eigenvalue weighted by molar-refractivity contribution is 5.94. The van der Waals surface area contributed by atoms with E-state index in [9.17, 15) is 9.59 Å². The van der Waals surface area contributed by atoms with Crippen molar-refractivity contribution >= 4 is 11.9 Å². The lowest BCUT2D eigenvalue weighted by atomic mass is 10.2. The summed E-state index contributed by atoms with van der Waals surface area (Å²) in [4.78, 5) is 23.2. The van der Waals surface area contributed by atoms with Crippen molar-refractivity contribution in [3.63, 3.8) is 0 Å². The zero-order chi connectivity index (χ0) is 18.5. The van der Waals surface area contributed by atoms with Crippen LogP contribution >= 0.6 is 0 Å². The summed E-state index contributed by atoms with van der Waals surface area (Å²) in [6.07, 6.45) is 2.22. The molecule has 1 aliphatic rings. The summed E-state index contributed by atoms with van der Waals surface area (Å²) in [5.74, 6) is 0.0630. The van der Waals surface area contributed by atoms with Gasteiger partial charge in [0.15, 0.2) is 0 Å². The number of carboxylic acids is 1. The average Bonchev–Trinajstić information content (AvgIpc) is 3.27. The SMILES string of the molecule is Cc1oc(CNC(=O)c2ccc(OC[C@@H]3CCCO3)cc2)cc1C(=O)O. The molecule has 7 nitrogen and oxygen atoms in total. The van der Waals surface area contributed by atoms with E-state index in [4.69, 9.17) is 19.0 Å². The lowest BCUT2D eigenvalue weighted by Crippen LogP contribution is -2.22. The van der Waals surface area contributed by atoms with Crippen LogP contribution in [0.15, 0.2) is 34.7 Å². The summed E-state index contributed by atoms with van der Waals surface area (Å²) in [7, 11) is 0. The second-order valence-corrected chi connectivity index (χ2v) is 6.14. The van der Waals surface area contributed by atoms with Crippen molar-refractivity contribution in [2.24, 2.45) is 0 Å².